The number of hydrogen-bond acceptors (Lipinski definition) is 3. The number of nitrogens with one attached hydrogen (secondary N) is 2. The Hall–Kier alpha value is -2.04. The van der Waals surface area contributed by atoms with Gasteiger partial charge in [0.15, 0.2) is 0 Å². The van der Waals surface area contributed by atoms with Gasteiger partial charge in [-0.2, -0.15) is 0 Å². The number of ether oxygens (including phenoxy) is 1. The summed E-state index contributed by atoms with van der Waals surface area (Å²) in [5.41, 5.74) is 6.30. The molecule has 3 rings (SSSR count). The third-order valence-electron chi connectivity index (χ3n) is 4.33. The summed E-state index contributed by atoms with van der Waals surface area (Å²) in [7, 11) is 1.30. The van der Waals surface area contributed by atoms with Crippen LogP contribution in [-0.4, -0.2) is 25.7 Å². The predicted octanol–water partition coefficient (Wildman–Crippen LogP) is 1.96. The number of amides is 2. The molecular formula is C16H20N2O3. The second-order valence-corrected chi connectivity index (χ2v) is 5.62. The maximum absolute atomic E-state index is 12.0. The van der Waals surface area contributed by atoms with Crippen LogP contribution < -0.4 is 10.6 Å². The second kappa shape index (κ2) is 5.76. The number of methoxy groups -OCH3 is 1. The van der Waals surface area contributed by atoms with Gasteiger partial charge in [-0.15, -0.1) is 0 Å². The molecule has 112 valence electrons. The maximum atomic E-state index is 12.0. The largest absolute Gasteiger partial charge is 0.468 e. The van der Waals surface area contributed by atoms with Crippen molar-refractivity contribution in [1.29, 1.82) is 0 Å². The van der Waals surface area contributed by atoms with E-state index in [2.05, 4.69) is 21.4 Å². The second-order valence-electron chi connectivity index (χ2n) is 5.62. The smallest absolute Gasteiger partial charge is 0.325 e. The minimum absolute atomic E-state index is 0.112. The zero-order chi connectivity index (χ0) is 14.8. The van der Waals surface area contributed by atoms with Crippen LogP contribution in [0, 0.1) is 0 Å². The van der Waals surface area contributed by atoms with Gasteiger partial charge in [0.05, 0.1) is 7.11 Å². The van der Waals surface area contributed by atoms with E-state index in [4.69, 9.17) is 0 Å². The number of fused-ring (bicyclic) bond motifs is 2. The quantitative estimate of drug-likeness (QED) is 0.835. The standard InChI is InChI=1S/C16H20N2O3/c1-21-14(19)9-17-16(20)18-15-12-6-2-4-10(12)8-11-5-3-7-13(11)15/h8H,2-7,9H2,1H3,(H2,17,18,20). The Balaban J connectivity index is 1.79. The number of carbonyl (C=O) groups is 2. The summed E-state index contributed by atoms with van der Waals surface area (Å²) >= 11 is 0. The fraction of sp³-hybridized carbons (Fsp3) is 0.500. The Morgan fingerprint density at radius 1 is 1.10 bits per heavy atom. The monoisotopic (exact) mass is 288 g/mol. The molecule has 21 heavy (non-hydrogen) atoms. The molecule has 0 saturated carbocycles. The van der Waals surface area contributed by atoms with Crippen LogP contribution in [0.2, 0.25) is 0 Å². The molecule has 0 aliphatic heterocycles. The van der Waals surface area contributed by atoms with Crippen molar-refractivity contribution in [3.8, 4) is 0 Å². The number of urea groups is 1. The zero-order valence-corrected chi connectivity index (χ0v) is 12.3. The Kier molecular flexibility index (Phi) is 3.82. The molecule has 0 atom stereocenters. The molecule has 0 heterocycles. The van der Waals surface area contributed by atoms with Crippen LogP contribution in [0.1, 0.15) is 35.1 Å². The summed E-state index contributed by atoms with van der Waals surface area (Å²) in [6.07, 6.45) is 6.54. The SMILES string of the molecule is COC(=O)CNC(=O)Nc1c2c(cc3c1CCC3)CCC2. The first-order valence-electron chi connectivity index (χ1n) is 7.47. The molecule has 1 aromatic rings. The first kappa shape index (κ1) is 13.9. The van der Waals surface area contributed by atoms with Gasteiger partial charge in [-0.3, -0.25) is 4.79 Å². The van der Waals surface area contributed by atoms with Crippen LogP contribution in [0.4, 0.5) is 10.5 Å². The summed E-state index contributed by atoms with van der Waals surface area (Å²) in [6.45, 7) is -0.112. The summed E-state index contributed by atoms with van der Waals surface area (Å²) in [5.74, 6) is -0.450. The van der Waals surface area contributed by atoms with Crippen molar-refractivity contribution in [2.24, 2.45) is 0 Å². The number of rotatable bonds is 3. The maximum Gasteiger partial charge on any atom is 0.325 e. The lowest BCUT2D eigenvalue weighted by Crippen LogP contribution is -2.34. The van der Waals surface area contributed by atoms with Gasteiger partial charge in [0.1, 0.15) is 6.54 Å². The molecule has 2 amide bonds. The van der Waals surface area contributed by atoms with Crippen molar-refractivity contribution in [2.75, 3.05) is 19.0 Å². The zero-order valence-electron chi connectivity index (χ0n) is 12.3. The van der Waals surface area contributed by atoms with E-state index < -0.39 is 5.97 Å². The van der Waals surface area contributed by atoms with Crippen LogP contribution in [-0.2, 0) is 35.2 Å². The average molecular weight is 288 g/mol. The van der Waals surface area contributed by atoms with Crippen molar-refractivity contribution < 1.29 is 14.3 Å². The van der Waals surface area contributed by atoms with Crippen molar-refractivity contribution >= 4 is 17.7 Å². The molecule has 0 unspecified atom stereocenters. The van der Waals surface area contributed by atoms with Gasteiger partial charge >= 0.3 is 12.0 Å². The van der Waals surface area contributed by atoms with E-state index in [1.54, 1.807) is 0 Å². The molecule has 2 aliphatic rings. The molecule has 0 radical (unpaired) electrons. The molecular weight excluding hydrogens is 268 g/mol. The Bertz CT molecular complexity index is 563. The fourth-order valence-corrected chi connectivity index (χ4v) is 3.35. The van der Waals surface area contributed by atoms with Crippen LogP contribution in [0.25, 0.3) is 0 Å². The summed E-state index contributed by atoms with van der Waals surface area (Å²) in [6, 6.07) is 1.98. The molecule has 1 aromatic carbocycles. The van der Waals surface area contributed by atoms with E-state index in [1.165, 1.54) is 29.4 Å². The molecule has 0 aromatic heterocycles. The normalized spacial score (nSPS) is 15.3. The summed E-state index contributed by atoms with van der Waals surface area (Å²) in [4.78, 5) is 23.1. The Labute approximate surface area is 124 Å². The van der Waals surface area contributed by atoms with Gasteiger partial charge < -0.3 is 15.4 Å². The molecule has 0 fully saturated rings. The highest BCUT2D eigenvalue weighted by molar-refractivity contribution is 5.93. The van der Waals surface area contributed by atoms with E-state index in [0.29, 0.717) is 0 Å². The van der Waals surface area contributed by atoms with E-state index in [0.717, 1.165) is 44.2 Å². The van der Waals surface area contributed by atoms with Crippen LogP contribution in [0.5, 0.6) is 0 Å². The van der Waals surface area contributed by atoms with Crippen molar-refractivity contribution in [1.82, 2.24) is 5.32 Å². The minimum atomic E-state index is -0.450. The highest BCUT2D eigenvalue weighted by atomic mass is 16.5. The lowest BCUT2D eigenvalue weighted by atomic mass is 9.99. The third-order valence-corrected chi connectivity index (χ3v) is 4.33. The van der Waals surface area contributed by atoms with Gasteiger partial charge in [0, 0.05) is 5.69 Å². The third kappa shape index (κ3) is 2.73. The average Bonchev–Trinajstić information content (AvgIpc) is 3.12. The minimum Gasteiger partial charge on any atom is -0.468 e. The number of anilines is 1. The van der Waals surface area contributed by atoms with E-state index in [-0.39, 0.29) is 12.6 Å². The van der Waals surface area contributed by atoms with Gasteiger partial charge in [0.25, 0.3) is 0 Å². The number of aryl methyl sites for hydroxylation is 2. The predicted molar refractivity (Wildman–Crippen MR) is 79.5 cm³/mol. The molecule has 5 heteroatoms. The lowest BCUT2D eigenvalue weighted by molar-refractivity contribution is -0.139. The number of esters is 1. The van der Waals surface area contributed by atoms with E-state index in [1.807, 2.05) is 0 Å². The summed E-state index contributed by atoms with van der Waals surface area (Å²) in [5, 5.41) is 5.50. The topological polar surface area (TPSA) is 67.4 Å². The van der Waals surface area contributed by atoms with Gasteiger partial charge in [-0.1, -0.05) is 6.07 Å². The van der Waals surface area contributed by atoms with Crippen LogP contribution >= 0.6 is 0 Å². The Morgan fingerprint density at radius 3 is 2.29 bits per heavy atom. The molecule has 0 spiro atoms. The molecule has 2 aliphatic carbocycles. The highest BCUT2D eigenvalue weighted by Crippen LogP contribution is 2.38. The molecule has 0 saturated heterocycles. The van der Waals surface area contributed by atoms with Gasteiger partial charge in [-0.25, -0.2) is 4.79 Å². The van der Waals surface area contributed by atoms with Crippen molar-refractivity contribution in [3.63, 3.8) is 0 Å². The number of benzene rings is 1. The number of hydrogen-bond donors (Lipinski definition) is 2. The lowest BCUT2D eigenvalue weighted by Gasteiger charge is -2.16. The highest BCUT2D eigenvalue weighted by Gasteiger charge is 2.24. The van der Waals surface area contributed by atoms with Crippen LogP contribution in [0.3, 0.4) is 0 Å². The van der Waals surface area contributed by atoms with Crippen LogP contribution in [0.15, 0.2) is 6.07 Å². The van der Waals surface area contributed by atoms with Crippen molar-refractivity contribution in [3.05, 3.63) is 28.3 Å². The summed E-state index contributed by atoms with van der Waals surface area (Å²) < 4.78 is 4.52. The molecule has 5 nitrogen and oxygen atoms in total. The number of carbonyl (C=O) groups excluding carboxylic acids is 2. The first-order chi connectivity index (χ1) is 10.2. The van der Waals surface area contributed by atoms with E-state index >= 15 is 0 Å². The first-order valence-corrected chi connectivity index (χ1v) is 7.47. The van der Waals surface area contributed by atoms with E-state index in [9.17, 15) is 9.59 Å². The van der Waals surface area contributed by atoms with Gasteiger partial charge in [-0.05, 0) is 60.8 Å². The fourth-order valence-electron chi connectivity index (χ4n) is 3.35. The van der Waals surface area contributed by atoms with Gasteiger partial charge in [0.2, 0.25) is 0 Å². The molecule has 0 bridgehead atoms. The van der Waals surface area contributed by atoms with Crippen molar-refractivity contribution in [2.45, 2.75) is 38.5 Å². The molecule has 2 N–H and O–H groups in total. The Morgan fingerprint density at radius 2 is 1.71 bits per heavy atom.